The molecule has 2 atom stereocenters. The van der Waals surface area contributed by atoms with Gasteiger partial charge in [0.25, 0.3) is 5.91 Å². The molecule has 0 spiro atoms. The lowest BCUT2D eigenvalue weighted by Gasteiger charge is -2.22. The van der Waals surface area contributed by atoms with Crippen LogP contribution in [0.15, 0.2) is 42.5 Å². The Kier molecular flexibility index (Phi) is 5.97. The maximum Gasteiger partial charge on any atom is 0.261 e. The maximum atomic E-state index is 12.7. The van der Waals surface area contributed by atoms with E-state index in [2.05, 4.69) is 23.5 Å². The quantitative estimate of drug-likeness (QED) is 0.803. The molecule has 0 saturated heterocycles. The van der Waals surface area contributed by atoms with Crippen LogP contribution in [0.25, 0.3) is 0 Å². The highest BCUT2D eigenvalue weighted by Gasteiger charge is 2.21. The van der Waals surface area contributed by atoms with Crippen molar-refractivity contribution in [3.8, 4) is 5.75 Å². The second-order valence-corrected chi connectivity index (χ2v) is 7.29. The first-order valence-electron chi connectivity index (χ1n) is 9.72. The minimum atomic E-state index is -0.474. The van der Waals surface area contributed by atoms with E-state index >= 15 is 0 Å². The van der Waals surface area contributed by atoms with Gasteiger partial charge in [0.2, 0.25) is 0 Å². The Balaban J connectivity index is 1.64. The lowest BCUT2D eigenvalue weighted by atomic mass is 9.89. The van der Waals surface area contributed by atoms with Crippen LogP contribution in [0.2, 0.25) is 0 Å². The number of hydrogen-bond donors (Lipinski definition) is 1. The van der Waals surface area contributed by atoms with Crippen LogP contribution in [-0.2, 0) is 17.6 Å². The van der Waals surface area contributed by atoms with Gasteiger partial charge in [-0.1, -0.05) is 42.8 Å². The number of aryl methyl sites for hydroxylation is 3. The van der Waals surface area contributed by atoms with Crippen LogP contribution in [0.5, 0.6) is 5.75 Å². The fourth-order valence-electron chi connectivity index (χ4n) is 3.52. The first-order chi connectivity index (χ1) is 12.6. The van der Waals surface area contributed by atoms with E-state index in [0.717, 1.165) is 12.2 Å². The normalized spacial score (nSPS) is 15.7. The molecule has 2 aromatic rings. The summed E-state index contributed by atoms with van der Waals surface area (Å²) in [5.74, 6) is 0.678. The molecule has 1 aliphatic rings. The predicted octanol–water partition coefficient (Wildman–Crippen LogP) is 4.91. The number of ether oxygens (including phenoxy) is 1. The molecule has 3 heteroatoms. The molecule has 0 fully saturated rings. The summed E-state index contributed by atoms with van der Waals surface area (Å²) in [7, 11) is 0. The first kappa shape index (κ1) is 18.5. The zero-order valence-corrected chi connectivity index (χ0v) is 16.0. The molecule has 3 rings (SSSR count). The number of nitrogens with one attached hydrogen (secondary N) is 1. The average Bonchev–Trinajstić information content (AvgIpc) is 2.67. The minimum absolute atomic E-state index is 0.0228. The molecule has 0 unspecified atom stereocenters. The Labute approximate surface area is 156 Å². The molecule has 2 aromatic carbocycles. The number of hydrogen-bond acceptors (Lipinski definition) is 2. The third kappa shape index (κ3) is 4.46. The summed E-state index contributed by atoms with van der Waals surface area (Å²) in [5, 5.41) is 3.12. The Hall–Kier alpha value is -2.29. The number of carbonyl (C=O) groups excluding carboxylic acids is 1. The predicted molar refractivity (Wildman–Crippen MR) is 106 cm³/mol. The van der Waals surface area contributed by atoms with Gasteiger partial charge in [-0.3, -0.25) is 4.79 Å². The maximum absolute atomic E-state index is 12.7. The van der Waals surface area contributed by atoms with Gasteiger partial charge in [-0.2, -0.15) is 0 Å². The van der Waals surface area contributed by atoms with E-state index in [0.29, 0.717) is 6.42 Å². The second kappa shape index (κ2) is 8.39. The van der Waals surface area contributed by atoms with E-state index in [4.69, 9.17) is 4.74 Å². The van der Waals surface area contributed by atoms with Crippen molar-refractivity contribution >= 4 is 5.91 Å². The molecular weight excluding hydrogens is 322 g/mol. The molecule has 3 nitrogen and oxygen atoms in total. The van der Waals surface area contributed by atoms with Crippen molar-refractivity contribution in [2.75, 3.05) is 0 Å². The average molecular weight is 351 g/mol. The molecule has 0 aliphatic heterocycles. The van der Waals surface area contributed by atoms with Crippen molar-refractivity contribution in [2.24, 2.45) is 0 Å². The van der Waals surface area contributed by atoms with Crippen molar-refractivity contribution in [3.05, 3.63) is 64.7 Å². The molecule has 0 heterocycles. The topological polar surface area (TPSA) is 38.3 Å². The van der Waals surface area contributed by atoms with Gasteiger partial charge in [0.05, 0.1) is 6.04 Å². The van der Waals surface area contributed by atoms with Crippen molar-refractivity contribution in [1.82, 2.24) is 5.32 Å². The zero-order chi connectivity index (χ0) is 18.5. The van der Waals surface area contributed by atoms with E-state index in [1.54, 1.807) is 0 Å². The van der Waals surface area contributed by atoms with Crippen LogP contribution in [0, 0.1) is 6.92 Å². The summed E-state index contributed by atoms with van der Waals surface area (Å²) >= 11 is 0. The molecule has 1 amide bonds. The highest BCUT2D eigenvalue weighted by Crippen LogP contribution is 2.25. The van der Waals surface area contributed by atoms with Gasteiger partial charge in [-0.25, -0.2) is 0 Å². The van der Waals surface area contributed by atoms with Crippen LogP contribution in [0.4, 0.5) is 0 Å². The van der Waals surface area contributed by atoms with E-state index in [1.165, 1.54) is 41.5 Å². The zero-order valence-electron chi connectivity index (χ0n) is 16.0. The molecule has 1 aliphatic carbocycles. The van der Waals surface area contributed by atoms with Crippen molar-refractivity contribution < 1.29 is 9.53 Å². The van der Waals surface area contributed by atoms with Gasteiger partial charge in [0, 0.05) is 0 Å². The molecule has 26 heavy (non-hydrogen) atoms. The lowest BCUT2D eigenvalue weighted by molar-refractivity contribution is -0.128. The van der Waals surface area contributed by atoms with Crippen LogP contribution < -0.4 is 10.1 Å². The van der Waals surface area contributed by atoms with Gasteiger partial charge in [0.1, 0.15) is 5.75 Å². The molecular formula is C23H29NO2. The Morgan fingerprint density at radius 1 is 1.08 bits per heavy atom. The second-order valence-electron chi connectivity index (χ2n) is 7.29. The van der Waals surface area contributed by atoms with E-state index in [-0.39, 0.29) is 11.9 Å². The lowest BCUT2D eigenvalue weighted by Crippen LogP contribution is -2.39. The van der Waals surface area contributed by atoms with E-state index in [1.807, 2.05) is 45.0 Å². The first-order valence-corrected chi connectivity index (χ1v) is 9.72. The number of fused-ring (bicyclic) bond motifs is 1. The van der Waals surface area contributed by atoms with Crippen molar-refractivity contribution in [3.63, 3.8) is 0 Å². The molecule has 138 valence electrons. The van der Waals surface area contributed by atoms with Crippen LogP contribution in [-0.4, -0.2) is 12.0 Å². The standard InChI is InChI=1S/C23H29NO2/c1-4-22(26-21-13-9-16(2)10-14-21)23(25)24-17(3)19-12-11-18-7-5-6-8-20(18)15-19/h9-15,17,22H,4-8H2,1-3H3,(H,24,25)/t17-,22-/m1/s1. The van der Waals surface area contributed by atoms with Gasteiger partial charge >= 0.3 is 0 Å². The minimum Gasteiger partial charge on any atom is -0.481 e. The van der Waals surface area contributed by atoms with Crippen molar-refractivity contribution in [1.29, 1.82) is 0 Å². The summed E-state index contributed by atoms with van der Waals surface area (Å²) in [6.07, 6.45) is 5.04. The van der Waals surface area contributed by atoms with Crippen LogP contribution >= 0.6 is 0 Å². The molecule has 0 saturated carbocycles. The Morgan fingerprint density at radius 3 is 2.46 bits per heavy atom. The molecule has 0 radical (unpaired) electrons. The summed E-state index contributed by atoms with van der Waals surface area (Å²) in [6.45, 7) is 6.05. The largest absolute Gasteiger partial charge is 0.481 e. The van der Waals surface area contributed by atoms with Crippen LogP contribution in [0.3, 0.4) is 0 Å². The van der Waals surface area contributed by atoms with Crippen molar-refractivity contribution in [2.45, 2.75) is 65.0 Å². The summed E-state index contributed by atoms with van der Waals surface area (Å²) in [5.41, 5.74) is 5.26. The summed E-state index contributed by atoms with van der Waals surface area (Å²) < 4.78 is 5.90. The van der Waals surface area contributed by atoms with Gasteiger partial charge in [-0.05, 0) is 74.8 Å². The fourth-order valence-corrected chi connectivity index (χ4v) is 3.52. The Bertz CT molecular complexity index is 751. The number of carbonyl (C=O) groups is 1. The van der Waals surface area contributed by atoms with E-state index in [9.17, 15) is 4.79 Å². The summed E-state index contributed by atoms with van der Waals surface area (Å²) in [6, 6.07) is 14.4. The van der Waals surface area contributed by atoms with Gasteiger partial charge in [0.15, 0.2) is 6.10 Å². The molecule has 1 N–H and O–H groups in total. The number of benzene rings is 2. The molecule has 0 bridgehead atoms. The monoisotopic (exact) mass is 351 g/mol. The van der Waals surface area contributed by atoms with Gasteiger partial charge in [-0.15, -0.1) is 0 Å². The van der Waals surface area contributed by atoms with E-state index < -0.39 is 6.10 Å². The third-order valence-corrected chi connectivity index (χ3v) is 5.19. The SMILES string of the molecule is CC[C@@H](Oc1ccc(C)cc1)C(=O)N[C@H](C)c1ccc2c(c1)CCCC2. The number of amides is 1. The fraction of sp³-hybridized carbons (Fsp3) is 0.435. The summed E-state index contributed by atoms with van der Waals surface area (Å²) in [4.78, 5) is 12.7. The highest BCUT2D eigenvalue weighted by molar-refractivity contribution is 5.81. The smallest absolute Gasteiger partial charge is 0.261 e. The molecule has 0 aromatic heterocycles. The van der Waals surface area contributed by atoms with Crippen LogP contribution in [0.1, 0.15) is 61.4 Å². The highest BCUT2D eigenvalue weighted by atomic mass is 16.5. The third-order valence-electron chi connectivity index (χ3n) is 5.19. The number of rotatable bonds is 6. The van der Waals surface area contributed by atoms with Gasteiger partial charge < -0.3 is 10.1 Å². The Morgan fingerprint density at radius 2 is 1.77 bits per heavy atom.